The molecule has 0 radical (unpaired) electrons. The van der Waals surface area contributed by atoms with Crippen molar-refractivity contribution in [1.29, 1.82) is 5.26 Å². The molecule has 0 aliphatic rings. The number of nitriles is 1. The lowest BCUT2D eigenvalue weighted by Crippen LogP contribution is -2.23. The lowest BCUT2D eigenvalue weighted by Gasteiger charge is -2.23. The molecule has 0 saturated heterocycles. The molecule has 5 nitrogen and oxygen atoms in total. The van der Waals surface area contributed by atoms with E-state index in [1.165, 1.54) is 5.56 Å². The van der Waals surface area contributed by atoms with Gasteiger partial charge in [0.15, 0.2) is 11.0 Å². The number of unbranched alkanes of at least 4 members (excludes halogenated alkanes) is 1. The summed E-state index contributed by atoms with van der Waals surface area (Å²) >= 11 is 1.71. The highest BCUT2D eigenvalue weighted by Crippen LogP contribution is 2.27. The van der Waals surface area contributed by atoms with E-state index in [0.717, 1.165) is 42.5 Å². The summed E-state index contributed by atoms with van der Waals surface area (Å²) in [5, 5.41) is 18.9. The first-order valence-electron chi connectivity index (χ1n) is 8.82. The number of hydrogen-bond acceptors (Lipinski definition) is 5. The first-order valence-corrected chi connectivity index (χ1v) is 9.80. The lowest BCUT2D eigenvalue weighted by atomic mass is 10.2. The number of benzene rings is 1. The molecule has 1 aromatic carbocycles. The molecule has 0 bridgehead atoms. The zero-order valence-electron chi connectivity index (χ0n) is 15.6. The highest BCUT2D eigenvalue weighted by Gasteiger charge is 2.21. The number of nitrogens with zero attached hydrogens (tertiary/aromatic N) is 5. The van der Waals surface area contributed by atoms with Crippen molar-refractivity contribution < 1.29 is 0 Å². The lowest BCUT2D eigenvalue weighted by molar-refractivity contribution is 0.270. The van der Waals surface area contributed by atoms with Gasteiger partial charge in [-0.2, -0.15) is 5.26 Å². The van der Waals surface area contributed by atoms with E-state index in [0.29, 0.717) is 5.56 Å². The summed E-state index contributed by atoms with van der Waals surface area (Å²) in [6.45, 7) is 5.35. The molecule has 1 heterocycles. The van der Waals surface area contributed by atoms with Gasteiger partial charge in [-0.15, -0.1) is 10.2 Å². The van der Waals surface area contributed by atoms with Crippen LogP contribution in [0.1, 0.15) is 56.1 Å². The molecule has 134 valence electrons. The van der Waals surface area contributed by atoms with E-state index in [4.69, 9.17) is 5.26 Å². The highest BCUT2D eigenvalue weighted by atomic mass is 32.2. The quantitative estimate of drug-likeness (QED) is 0.628. The normalized spacial score (nSPS) is 12.3. The summed E-state index contributed by atoms with van der Waals surface area (Å²) in [7, 11) is 4.19. The summed E-state index contributed by atoms with van der Waals surface area (Å²) in [5.74, 6) is 1.89. The molecule has 0 amide bonds. The molecule has 1 unspecified atom stereocenters. The van der Waals surface area contributed by atoms with Gasteiger partial charge in [-0.25, -0.2) is 0 Å². The van der Waals surface area contributed by atoms with Crippen LogP contribution in [0.25, 0.3) is 0 Å². The van der Waals surface area contributed by atoms with Gasteiger partial charge in [0.1, 0.15) is 0 Å². The van der Waals surface area contributed by atoms with Gasteiger partial charge in [-0.3, -0.25) is 4.90 Å². The third-order valence-electron chi connectivity index (χ3n) is 4.24. The van der Waals surface area contributed by atoms with Crippen molar-refractivity contribution in [2.75, 3.05) is 14.1 Å². The van der Waals surface area contributed by atoms with E-state index in [2.05, 4.69) is 53.7 Å². The van der Waals surface area contributed by atoms with E-state index in [1.807, 2.05) is 24.3 Å². The summed E-state index contributed by atoms with van der Waals surface area (Å²) in [6, 6.07) is 10.2. The fourth-order valence-electron chi connectivity index (χ4n) is 2.78. The van der Waals surface area contributed by atoms with Crippen molar-refractivity contribution in [2.24, 2.45) is 0 Å². The number of thioether (sulfide) groups is 1. The Balaban J connectivity index is 2.18. The maximum Gasteiger partial charge on any atom is 0.191 e. The second-order valence-electron chi connectivity index (χ2n) is 6.33. The van der Waals surface area contributed by atoms with Crippen LogP contribution in [-0.2, 0) is 12.3 Å². The molecule has 0 fully saturated rings. The van der Waals surface area contributed by atoms with Crippen LogP contribution in [0.3, 0.4) is 0 Å². The van der Waals surface area contributed by atoms with Gasteiger partial charge in [0.2, 0.25) is 0 Å². The van der Waals surface area contributed by atoms with Gasteiger partial charge >= 0.3 is 0 Å². The van der Waals surface area contributed by atoms with E-state index >= 15 is 0 Å². The van der Waals surface area contributed by atoms with E-state index in [9.17, 15) is 0 Å². The molecule has 25 heavy (non-hydrogen) atoms. The Kier molecular flexibility index (Phi) is 7.48. The smallest absolute Gasteiger partial charge is 0.191 e. The molecule has 0 saturated carbocycles. The van der Waals surface area contributed by atoms with Crippen LogP contribution >= 0.6 is 11.8 Å². The van der Waals surface area contributed by atoms with Gasteiger partial charge in [0.05, 0.1) is 17.7 Å². The first kappa shape index (κ1) is 19.5. The van der Waals surface area contributed by atoms with Crippen LogP contribution in [0.5, 0.6) is 0 Å². The van der Waals surface area contributed by atoms with Gasteiger partial charge < -0.3 is 4.57 Å². The molecule has 0 aliphatic heterocycles. The van der Waals surface area contributed by atoms with E-state index in [-0.39, 0.29) is 6.04 Å². The van der Waals surface area contributed by atoms with E-state index < -0.39 is 0 Å². The monoisotopic (exact) mass is 357 g/mol. The molecule has 2 rings (SSSR count). The number of rotatable bonds is 9. The maximum absolute atomic E-state index is 8.90. The minimum absolute atomic E-state index is 0.286. The van der Waals surface area contributed by atoms with Crippen molar-refractivity contribution in [3.05, 3.63) is 41.2 Å². The molecule has 1 atom stereocenters. The zero-order chi connectivity index (χ0) is 18.2. The van der Waals surface area contributed by atoms with Gasteiger partial charge in [0, 0.05) is 12.3 Å². The summed E-state index contributed by atoms with van der Waals surface area (Å²) < 4.78 is 2.28. The second-order valence-corrected chi connectivity index (χ2v) is 7.27. The zero-order valence-corrected chi connectivity index (χ0v) is 16.4. The van der Waals surface area contributed by atoms with E-state index in [1.54, 1.807) is 11.8 Å². The Hall–Kier alpha value is -1.84. The fourth-order valence-corrected chi connectivity index (χ4v) is 3.71. The summed E-state index contributed by atoms with van der Waals surface area (Å²) in [5.41, 5.74) is 1.88. The van der Waals surface area contributed by atoms with Crippen LogP contribution in [-0.4, -0.2) is 33.8 Å². The third kappa shape index (κ3) is 5.07. The van der Waals surface area contributed by atoms with Crippen LogP contribution in [0.15, 0.2) is 29.4 Å². The minimum Gasteiger partial charge on any atom is -0.305 e. The Morgan fingerprint density at radius 3 is 2.48 bits per heavy atom. The molecule has 0 spiro atoms. The van der Waals surface area contributed by atoms with Crippen LogP contribution in [0, 0.1) is 11.3 Å². The van der Waals surface area contributed by atoms with Crippen LogP contribution in [0.2, 0.25) is 0 Å². The predicted molar refractivity (Wildman–Crippen MR) is 102 cm³/mol. The maximum atomic E-state index is 8.90. The molecule has 2 aromatic rings. The Morgan fingerprint density at radius 2 is 1.92 bits per heavy atom. The standard InChI is InChI=1S/C19H27N5S/c1-5-7-12-24-18(17(6-2)23(3)4)21-22-19(24)25-14-16-10-8-15(13-20)9-11-16/h8-11,17H,5-7,12,14H2,1-4H3. The van der Waals surface area contributed by atoms with Crippen molar-refractivity contribution in [3.8, 4) is 6.07 Å². The van der Waals surface area contributed by atoms with Gasteiger partial charge in [-0.05, 0) is 44.6 Å². The first-order chi connectivity index (χ1) is 12.1. The minimum atomic E-state index is 0.286. The Labute approximate surface area is 155 Å². The molecule has 0 N–H and O–H groups in total. The molecular formula is C19H27N5S. The molecule has 1 aromatic heterocycles. The summed E-state index contributed by atoms with van der Waals surface area (Å²) in [4.78, 5) is 2.21. The van der Waals surface area contributed by atoms with Crippen LogP contribution < -0.4 is 0 Å². The van der Waals surface area contributed by atoms with Crippen molar-refractivity contribution in [3.63, 3.8) is 0 Å². The fraction of sp³-hybridized carbons (Fsp3) is 0.526. The summed E-state index contributed by atoms with van der Waals surface area (Å²) in [6.07, 6.45) is 3.28. The Bertz CT molecular complexity index is 700. The Morgan fingerprint density at radius 1 is 1.20 bits per heavy atom. The molecule has 6 heteroatoms. The predicted octanol–water partition coefficient (Wildman–Crippen LogP) is 4.25. The SMILES string of the molecule is CCCCn1c(SCc2ccc(C#N)cc2)nnc1C(CC)N(C)C. The number of hydrogen-bond donors (Lipinski definition) is 0. The van der Waals surface area contributed by atoms with Gasteiger partial charge in [-0.1, -0.05) is 44.2 Å². The topological polar surface area (TPSA) is 57.7 Å². The average molecular weight is 358 g/mol. The van der Waals surface area contributed by atoms with Gasteiger partial charge in [0.25, 0.3) is 0 Å². The van der Waals surface area contributed by atoms with Crippen molar-refractivity contribution in [1.82, 2.24) is 19.7 Å². The third-order valence-corrected chi connectivity index (χ3v) is 5.28. The highest BCUT2D eigenvalue weighted by molar-refractivity contribution is 7.98. The second kappa shape index (κ2) is 9.59. The molecular weight excluding hydrogens is 330 g/mol. The van der Waals surface area contributed by atoms with Crippen molar-refractivity contribution >= 4 is 11.8 Å². The number of aromatic nitrogens is 3. The van der Waals surface area contributed by atoms with Crippen LogP contribution in [0.4, 0.5) is 0 Å². The average Bonchev–Trinajstić information content (AvgIpc) is 3.01. The largest absolute Gasteiger partial charge is 0.305 e. The van der Waals surface area contributed by atoms with Crippen molar-refractivity contribution in [2.45, 2.75) is 56.6 Å². The molecule has 0 aliphatic carbocycles.